The van der Waals surface area contributed by atoms with E-state index in [0.717, 1.165) is 18.5 Å². The first-order valence-corrected chi connectivity index (χ1v) is 7.00. The molecule has 2 rings (SSSR count). The summed E-state index contributed by atoms with van der Waals surface area (Å²) in [6.45, 7) is 5.11. The maximum Gasteiger partial charge on any atom is 0.254 e. The van der Waals surface area contributed by atoms with E-state index in [-0.39, 0.29) is 11.8 Å². The van der Waals surface area contributed by atoms with Crippen molar-refractivity contribution in [3.05, 3.63) is 28.5 Å². The van der Waals surface area contributed by atoms with Gasteiger partial charge in [-0.1, -0.05) is 25.4 Å². The molecule has 1 aliphatic heterocycles. The van der Waals surface area contributed by atoms with Crippen molar-refractivity contribution in [3.63, 3.8) is 0 Å². The Morgan fingerprint density at radius 3 is 2.89 bits per heavy atom. The van der Waals surface area contributed by atoms with Gasteiger partial charge in [0.1, 0.15) is 5.15 Å². The van der Waals surface area contributed by atoms with E-state index in [2.05, 4.69) is 4.98 Å². The molecule has 1 aromatic heterocycles. The van der Waals surface area contributed by atoms with E-state index in [9.17, 15) is 9.90 Å². The lowest BCUT2D eigenvalue weighted by molar-refractivity contribution is 0.0473. The number of amides is 1. The Balaban J connectivity index is 2.23. The number of carbonyl (C=O) groups is 1. The summed E-state index contributed by atoms with van der Waals surface area (Å²) in [5, 5.41) is 9.98. The molecule has 19 heavy (non-hydrogen) atoms. The molecular formula is C14H19ClN2O2. The number of hydrogen-bond acceptors (Lipinski definition) is 3. The molecule has 0 radical (unpaired) electrons. The highest BCUT2D eigenvalue weighted by molar-refractivity contribution is 6.29. The summed E-state index contributed by atoms with van der Waals surface area (Å²) in [6.07, 6.45) is 1.18. The quantitative estimate of drug-likeness (QED) is 0.848. The molecule has 0 saturated carbocycles. The molecule has 1 N–H and O–H groups in total. The van der Waals surface area contributed by atoms with E-state index in [0.29, 0.717) is 23.8 Å². The number of piperidine rings is 1. The molecule has 1 atom stereocenters. The lowest BCUT2D eigenvalue weighted by Gasteiger charge is -2.30. The standard InChI is InChI=1S/C14H19ClN2O2/c1-9(2)12-6-10(7-13(15)16-12)14(19)17-5-3-4-11(18)8-17/h6-7,9,11,18H,3-5,8H2,1-2H3. The molecule has 4 nitrogen and oxygen atoms in total. The van der Waals surface area contributed by atoms with E-state index >= 15 is 0 Å². The third-order valence-electron chi connectivity index (χ3n) is 3.34. The Kier molecular flexibility index (Phi) is 4.42. The molecule has 1 unspecified atom stereocenters. The van der Waals surface area contributed by atoms with Gasteiger partial charge in [0.15, 0.2) is 0 Å². The highest BCUT2D eigenvalue weighted by atomic mass is 35.5. The zero-order valence-corrected chi connectivity index (χ0v) is 12.0. The second kappa shape index (κ2) is 5.88. The summed E-state index contributed by atoms with van der Waals surface area (Å²) >= 11 is 5.97. The van der Waals surface area contributed by atoms with Gasteiger partial charge in [-0.2, -0.15) is 0 Å². The topological polar surface area (TPSA) is 53.4 Å². The zero-order chi connectivity index (χ0) is 14.0. The number of β-amino-alcohol motifs (C(OH)–C–C–N with tert-alkyl or cyclic N) is 1. The highest BCUT2D eigenvalue weighted by Gasteiger charge is 2.23. The third kappa shape index (κ3) is 3.45. The second-order valence-corrected chi connectivity index (χ2v) is 5.69. The average Bonchev–Trinajstić information content (AvgIpc) is 2.37. The zero-order valence-electron chi connectivity index (χ0n) is 11.3. The number of rotatable bonds is 2. The lowest BCUT2D eigenvalue weighted by atomic mass is 10.0. The largest absolute Gasteiger partial charge is 0.391 e. The van der Waals surface area contributed by atoms with Gasteiger partial charge < -0.3 is 10.0 Å². The average molecular weight is 283 g/mol. The van der Waals surface area contributed by atoms with Crippen LogP contribution in [0.15, 0.2) is 12.1 Å². The highest BCUT2D eigenvalue weighted by Crippen LogP contribution is 2.20. The molecule has 0 aromatic carbocycles. The number of aliphatic hydroxyl groups excluding tert-OH is 1. The monoisotopic (exact) mass is 282 g/mol. The second-order valence-electron chi connectivity index (χ2n) is 5.31. The van der Waals surface area contributed by atoms with Crippen molar-refractivity contribution in [2.75, 3.05) is 13.1 Å². The van der Waals surface area contributed by atoms with Crippen molar-refractivity contribution < 1.29 is 9.90 Å². The number of hydrogen-bond donors (Lipinski definition) is 1. The number of nitrogens with zero attached hydrogens (tertiary/aromatic N) is 2. The van der Waals surface area contributed by atoms with Gasteiger partial charge in [0.2, 0.25) is 0 Å². The van der Waals surface area contributed by atoms with Crippen molar-refractivity contribution >= 4 is 17.5 Å². The Morgan fingerprint density at radius 2 is 2.26 bits per heavy atom. The van der Waals surface area contributed by atoms with E-state index in [1.807, 2.05) is 13.8 Å². The molecule has 104 valence electrons. The lowest BCUT2D eigenvalue weighted by Crippen LogP contribution is -2.42. The Bertz CT molecular complexity index is 477. The van der Waals surface area contributed by atoms with Gasteiger partial charge in [0.25, 0.3) is 5.91 Å². The first-order valence-electron chi connectivity index (χ1n) is 6.62. The fourth-order valence-electron chi connectivity index (χ4n) is 2.26. The van der Waals surface area contributed by atoms with Crippen LogP contribution >= 0.6 is 11.6 Å². The molecule has 1 fully saturated rings. The van der Waals surface area contributed by atoms with Gasteiger partial charge in [-0.15, -0.1) is 0 Å². The minimum absolute atomic E-state index is 0.0787. The fraction of sp³-hybridized carbons (Fsp3) is 0.571. The third-order valence-corrected chi connectivity index (χ3v) is 3.53. The van der Waals surface area contributed by atoms with Gasteiger partial charge in [-0.3, -0.25) is 4.79 Å². The number of aliphatic hydroxyl groups is 1. The van der Waals surface area contributed by atoms with Gasteiger partial charge in [-0.25, -0.2) is 4.98 Å². The minimum atomic E-state index is -0.417. The molecule has 5 heteroatoms. The van der Waals surface area contributed by atoms with Crippen LogP contribution in [0.1, 0.15) is 48.7 Å². The van der Waals surface area contributed by atoms with E-state index < -0.39 is 6.10 Å². The van der Waals surface area contributed by atoms with Crippen LogP contribution in [0.5, 0.6) is 0 Å². The minimum Gasteiger partial charge on any atom is -0.391 e. The summed E-state index contributed by atoms with van der Waals surface area (Å²) in [5.41, 5.74) is 1.37. The first-order chi connectivity index (χ1) is 8.97. The Labute approximate surface area is 118 Å². The molecule has 0 spiro atoms. The number of pyridine rings is 1. The molecule has 1 aliphatic rings. The molecule has 1 aromatic rings. The molecule has 0 aliphatic carbocycles. The summed E-state index contributed by atoms with van der Waals surface area (Å²) in [6, 6.07) is 3.39. The SMILES string of the molecule is CC(C)c1cc(C(=O)N2CCCC(O)C2)cc(Cl)n1. The van der Waals surface area contributed by atoms with Crippen LogP contribution in [0.4, 0.5) is 0 Å². The Morgan fingerprint density at radius 1 is 1.53 bits per heavy atom. The van der Waals surface area contributed by atoms with Crippen LogP contribution in [-0.2, 0) is 0 Å². The van der Waals surface area contributed by atoms with Crippen LogP contribution in [0, 0.1) is 0 Å². The van der Waals surface area contributed by atoms with Crippen molar-refractivity contribution in [3.8, 4) is 0 Å². The molecular weight excluding hydrogens is 264 g/mol. The summed E-state index contributed by atoms with van der Waals surface area (Å²) in [4.78, 5) is 18.3. The van der Waals surface area contributed by atoms with Gasteiger partial charge >= 0.3 is 0 Å². The summed E-state index contributed by atoms with van der Waals surface area (Å²) < 4.78 is 0. The van der Waals surface area contributed by atoms with E-state index in [1.54, 1.807) is 17.0 Å². The van der Waals surface area contributed by atoms with Gasteiger partial charge in [0, 0.05) is 24.3 Å². The van der Waals surface area contributed by atoms with Crippen LogP contribution < -0.4 is 0 Å². The molecule has 1 saturated heterocycles. The van der Waals surface area contributed by atoms with Crippen molar-refractivity contribution in [1.29, 1.82) is 0 Å². The number of carbonyl (C=O) groups excluding carboxylic acids is 1. The summed E-state index contributed by atoms with van der Waals surface area (Å²) in [7, 11) is 0. The summed E-state index contributed by atoms with van der Waals surface area (Å²) in [5.74, 6) is 0.141. The van der Waals surface area contributed by atoms with E-state index in [1.165, 1.54) is 0 Å². The van der Waals surface area contributed by atoms with Gasteiger partial charge in [-0.05, 0) is 30.9 Å². The van der Waals surface area contributed by atoms with Crippen LogP contribution in [0.25, 0.3) is 0 Å². The first kappa shape index (κ1) is 14.3. The number of halogens is 1. The fourth-order valence-corrected chi connectivity index (χ4v) is 2.47. The molecule has 0 bridgehead atoms. The van der Waals surface area contributed by atoms with Crippen LogP contribution in [0.2, 0.25) is 5.15 Å². The number of aromatic nitrogens is 1. The van der Waals surface area contributed by atoms with E-state index in [4.69, 9.17) is 11.6 Å². The Hall–Kier alpha value is -1.13. The van der Waals surface area contributed by atoms with Crippen molar-refractivity contribution in [2.24, 2.45) is 0 Å². The van der Waals surface area contributed by atoms with Crippen molar-refractivity contribution in [1.82, 2.24) is 9.88 Å². The maximum atomic E-state index is 12.4. The molecule has 1 amide bonds. The van der Waals surface area contributed by atoms with Crippen LogP contribution in [-0.4, -0.2) is 40.1 Å². The number of likely N-dealkylation sites (tertiary alicyclic amines) is 1. The van der Waals surface area contributed by atoms with Crippen molar-refractivity contribution in [2.45, 2.75) is 38.7 Å². The normalized spacial score (nSPS) is 19.8. The van der Waals surface area contributed by atoms with Crippen LogP contribution in [0.3, 0.4) is 0 Å². The predicted octanol–water partition coefficient (Wildman–Crippen LogP) is 2.46. The smallest absolute Gasteiger partial charge is 0.254 e. The predicted molar refractivity (Wildman–Crippen MR) is 74.5 cm³/mol. The van der Waals surface area contributed by atoms with Gasteiger partial charge in [0.05, 0.1) is 6.10 Å². The maximum absolute atomic E-state index is 12.4. The molecule has 2 heterocycles.